The maximum absolute atomic E-state index is 12.6. The number of nitrogens with zero attached hydrogens (tertiary/aromatic N) is 3. The van der Waals surface area contributed by atoms with Crippen LogP contribution >= 0.6 is 12.4 Å². The lowest BCUT2D eigenvalue weighted by Gasteiger charge is -2.27. The molecule has 8 heteroatoms. The van der Waals surface area contributed by atoms with Gasteiger partial charge < -0.3 is 15.5 Å². The van der Waals surface area contributed by atoms with Crippen LogP contribution < -0.4 is 15.5 Å². The highest BCUT2D eigenvalue weighted by atomic mass is 35.5. The van der Waals surface area contributed by atoms with E-state index in [4.69, 9.17) is 0 Å². The Morgan fingerprint density at radius 2 is 2.11 bits per heavy atom. The van der Waals surface area contributed by atoms with E-state index in [2.05, 4.69) is 15.7 Å². The number of hydrogen-bond donors (Lipinski definition) is 2. The third kappa shape index (κ3) is 4.54. The number of halogens is 1. The SMILES string of the molecule is Cl.O=C(Nc1cccc(N2CCCCC2=O)c1)c1ccn(C2CCCNC2)n1. The first-order valence-corrected chi connectivity index (χ1v) is 9.68. The zero-order valence-corrected chi connectivity index (χ0v) is 16.6. The van der Waals surface area contributed by atoms with E-state index < -0.39 is 0 Å². The molecule has 0 saturated carbocycles. The number of rotatable bonds is 4. The Morgan fingerprint density at radius 1 is 1.21 bits per heavy atom. The standard InChI is InChI=1S/C20H25N5O2.ClH/c26-19-8-1-2-11-24(19)16-6-3-5-15(13-16)22-20(27)18-9-12-25(23-18)17-7-4-10-21-14-17;/h3,5-6,9,12-13,17,21H,1-2,4,7-8,10-11,14H2,(H,22,27);1H. The second-order valence-corrected chi connectivity index (χ2v) is 7.19. The van der Waals surface area contributed by atoms with Gasteiger partial charge in [-0.3, -0.25) is 14.3 Å². The van der Waals surface area contributed by atoms with Crippen LogP contribution in [0.5, 0.6) is 0 Å². The highest BCUT2D eigenvalue weighted by molar-refractivity contribution is 6.03. The van der Waals surface area contributed by atoms with Crippen molar-refractivity contribution in [2.24, 2.45) is 0 Å². The molecule has 28 heavy (non-hydrogen) atoms. The summed E-state index contributed by atoms with van der Waals surface area (Å²) in [6.45, 7) is 2.66. The monoisotopic (exact) mass is 403 g/mol. The van der Waals surface area contributed by atoms with E-state index in [1.807, 2.05) is 35.1 Å². The van der Waals surface area contributed by atoms with Crippen molar-refractivity contribution < 1.29 is 9.59 Å². The van der Waals surface area contributed by atoms with Crippen molar-refractivity contribution in [2.75, 3.05) is 29.9 Å². The minimum absolute atomic E-state index is 0. The average Bonchev–Trinajstić information content (AvgIpc) is 3.20. The van der Waals surface area contributed by atoms with Gasteiger partial charge in [-0.1, -0.05) is 6.07 Å². The minimum Gasteiger partial charge on any atom is -0.321 e. The molecule has 0 bridgehead atoms. The van der Waals surface area contributed by atoms with Crippen LogP contribution in [0.25, 0.3) is 0 Å². The van der Waals surface area contributed by atoms with Crippen LogP contribution in [0.4, 0.5) is 11.4 Å². The molecular weight excluding hydrogens is 378 g/mol. The Morgan fingerprint density at radius 3 is 2.89 bits per heavy atom. The van der Waals surface area contributed by atoms with Crippen molar-refractivity contribution in [1.82, 2.24) is 15.1 Å². The summed E-state index contributed by atoms with van der Waals surface area (Å²) in [4.78, 5) is 26.5. The summed E-state index contributed by atoms with van der Waals surface area (Å²) in [5, 5.41) is 10.7. The zero-order valence-electron chi connectivity index (χ0n) is 15.8. The minimum atomic E-state index is -0.236. The number of carbonyl (C=O) groups excluding carboxylic acids is 2. The van der Waals surface area contributed by atoms with Crippen LogP contribution in [0.3, 0.4) is 0 Å². The Kier molecular flexibility index (Phi) is 6.70. The Balaban J connectivity index is 0.00000225. The van der Waals surface area contributed by atoms with Gasteiger partial charge in [-0.25, -0.2) is 0 Å². The number of aromatic nitrogens is 2. The van der Waals surface area contributed by atoms with Gasteiger partial charge in [0, 0.05) is 37.1 Å². The fourth-order valence-corrected chi connectivity index (χ4v) is 3.75. The Labute approximate surface area is 170 Å². The normalized spacial score (nSPS) is 19.8. The van der Waals surface area contributed by atoms with Gasteiger partial charge in [0.2, 0.25) is 5.91 Å². The van der Waals surface area contributed by atoms with Crippen molar-refractivity contribution >= 4 is 35.6 Å². The largest absolute Gasteiger partial charge is 0.321 e. The van der Waals surface area contributed by atoms with Crippen molar-refractivity contribution in [3.05, 3.63) is 42.2 Å². The molecule has 1 unspecified atom stereocenters. The molecule has 2 aromatic rings. The van der Waals surface area contributed by atoms with Gasteiger partial charge >= 0.3 is 0 Å². The van der Waals surface area contributed by atoms with Crippen molar-refractivity contribution in [2.45, 2.75) is 38.1 Å². The third-order valence-corrected chi connectivity index (χ3v) is 5.23. The van der Waals surface area contributed by atoms with E-state index in [1.165, 1.54) is 0 Å². The highest BCUT2D eigenvalue weighted by Gasteiger charge is 2.21. The summed E-state index contributed by atoms with van der Waals surface area (Å²) in [6, 6.07) is 9.50. The first-order chi connectivity index (χ1) is 13.2. The molecule has 2 aliphatic rings. The summed E-state index contributed by atoms with van der Waals surface area (Å²) in [5.41, 5.74) is 1.90. The number of anilines is 2. The zero-order chi connectivity index (χ0) is 18.6. The summed E-state index contributed by atoms with van der Waals surface area (Å²) in [5.74, 6) is -0.0933. The molecule has 1 atom stereocenters. The molecule has 2 amide bonds. The second-order valence-electron chi connectivity index (χ2n) is 7.19. The molecule has 1 aromatic heterocycles. The lowest BCUT2D eigenvalue weighted by atomic mass is 10.1. The molecule has 0 radical (unpaired) electrons. The third-order valence-electron chi connectivity index (χ3n) is 5.23. The van der Waals surface area contributed by atoms with Gasteiger partial charge in [0.25, 0.3) is 5.91 Å². The molecule has 7 nitrogen and oxygen atoms in total. The fraction of sp³-hybridized carbons (Fsp3) is 0.450. The van der Waals surface area contributed by atoms with E-state index in [0.29, 0.717) is 23.8 Å². The number of hydrogen-bond acceptors (Lipinski definition) is 4. The topological polar surface area (TPSA) is 79.3 Å². The van der Waals surface area contributed by atoms with Gasteiger partial charge in [0.1, 0.15) is 0 Å². The maximum Gasteiger partial charge on any atom is 0.276 e. The summed E-state index contributed by atoms with van der Waals surface area (Å²) in [7, 11) is 0. The lowest BCUT2D eigenvalue weighted by molar-refractivity contribution is -0.119. The number of carbonyl (C=O) groups is 2. The van der Waals surface area contributed by atoms with Gasteiger partial charge in [-0.15, -0.1) is 12.4 Å². The van der Waals surface area contributed by atoms with Gasteiger partial charge in [-0.05, 0) is 56.5 Å². The number of piperidine rings is 2. The fourth-order valence-electron chi connectivity index (χ4n) is 3.75. The van der Waals surface area contributed by atoms with E-state index in [0.717, 1.165) is 51.0 Å². The van der Waals surface area contributed by atoms with E-state index in [1.54, 1.807) is 11.0 Å². The summed E-state index contributed by atoms with van der Waals surface area (Å²) >= 11 is 0. The number of amides is 2. The smallest absolute Gasteiger partial charge is 0.276 e. The van der Waals surface area contributed by atoms with E-state index in [9.17, 15) is 9.59 Å². The Hall–Kier alpha value is -2.38. The average molecular weight is 404 g/mol. The quantitative estimate of drug-likeness (QED) is 0.822. The molecular formula is C20H26ClN5O2. The second kappa shape index (κ2) is 9.21. The number of benzene rings is 1. The number of nitrogens with one attached hydrogen (secondary N) is 2. The molecule has 2 fully saturated rings. The molecule has 1 aromatic carbocycles. The predicted molar refractivity (Wildman–Crippen MR) is 111 cm³/mol. The van der Waals surface area contributed by atoms with E-state index in [-0.39, 0.29) is 24.2 Å². The maximum atomic E-state index is 12.6. The molecule has 2 N–H and O–H groups in total. The van der Waals surface area contributed by atoms with Crippen molar-refractivity contribution in [1.29, 1.82) is 0 Å². The predicted octanol–water partition coefficient (Wildman–Crippen LogP) is 3.00. The van der Waals surface area contributed by atoms with Gasteiger partial charge in [-0.2, -0.15) is 5.10 Å². The molecule has 150 valence electrons. The molecule has 0 aliphatic carbocycles. The molecule has 4 rings (SSSR count). The van der Waals surface area contributed by atoms with Crippen LogP contribution in [-0.2, 0) is 4.79 Å². The van der Waals surface area contributed by atoms with Crippen molar-refractivity contribution in [3.63, 3.8) is 0 Å². The first-order valence-electron chi connectivity index (χ1n) is 9.68. The summed E-state index contributed by atoms with van der Waals surface area (Å²) in [6.07, 6.45) is 6.61. The van der Waals surface area contributed by atoms with Gasteiger partial charge in [0.15, 0.2) is 5.69 Å². The van der Waals surface area contributed by atoms with Gasteiger partial charge in [0.05, 0.1) is 6.04 Å². The molecule has 0 spiro atoms. The molecule has 2 saturated heterocycles. The van der Waals surface area contributed by atoms with Crippen LogP contribution in [0.15, 0.2) is 36.5 Å². The molecule has 3 heterocycles. The van der Waals surface area contributed by atoms with Crippen molar-refractivity contribution in [3.8, 4) is 0 Å². The Bertz CT molecular complexity index is 832. The van der Waals surface area contributed by atoms with Crippen LogP contribution in [-0.4, -0.2) is 41.2 Å². The van der Waals surface area contributed by atoms with E-state index >= 15 is 0 Å². The van der Waals surface area contributed by atoms with Crippen LogP contribution in [0, 0.1) is 0 Å². The summed E-state index contributed by atoms with van der Waals surface area (Å²) < 4.78 is 1.88. The highest BCUT2D eigenvalue weighted by Crippen LogP contribution is 2.24. The van der Waals surface area contributed by atoms with Crippen LogP contribution in [0.1, 0.15) is 48.6 Å². The first kappa shape index (κ1) is 20.4. The molecule has 2 aliphatic heterocycles. The van der Waals surface area contributed by atoms with Crippen LogP contribution in [0.2, 0.25) is 0 Å². The lowest BCUT2D eigenvalue weighted by Crippen LogP contribution is -2.35.